The van der Waals surface area contributed by atoms with Gasteiger partial charge in [0.25, 0.3) is 0 Å². The van der Waals surface area contributed by atoms with Gasteiger partial charge in [0.05, 0.1) is 24.3 Å². The highest BCUT2D eigenvalue weighted by atomic mass is 16.4. The van der Waals surface area contributed by atoms with Crippen LogP contribution in [0, 0.1) is 0 Å². The van der Waals surface area contributed by atoms with Gasteiger partial charge in [0, 0.05) is 0 Å². The van der Waals surface area contributed by atoms with Crippen LogP contribution in [0.15, 0.2) is 12.0 Å². The molecule has 0 aliphatic carbocycles. The summed E-state index contributed by atoms with van der Waals surface area (Å²) in [4.78, 5) is 28.9. The van der Waals surface area contributed by atoms with Crippen LogP contribution in [0.1, 0.15) is 11.4 Å². The fourth-order valence-electron chi connectivity index (χ4n) is 1.38. The number of amides is 1. The first-order valence-electron chi connectivity index (χ1n) is 4.07. The maximum atomic E-state index is 10.8. The van der Waals surface area contributed by atoms with Gasteiger partial charge in [0.2, 0.25) is 0 Å². The van der Waals surface area contributed by atoms with Crippen LogP contribution in [0.25, 0.3) is 6.08 Å². The van der Waals surface area contributed by atoms with Crippen molar-refractivity contribution in [2.75, 3.05) is 0 Å². The molecule has 0 bridgehead atoms. The largest absolute Gasteiger partial charge is 0.477 e. The van der Waals surface area contributed by atoms with E-state index in [1.165, 1.54) is 12.4 Å². The summed E-state index contributed by atoms with van der Waals surface area (Å²) in [5.41, 5.74) is 0.759. The van der Waals surface area contributed by atoms with E-state index < -0.39 is 12.1 Å². The third-order valence-corrected chi connectivity index (χ3v) is 2.08. The predicted octanol–water partition coefficient (Wildman–Crippen LogP) is 0.329. The van der Waals surface area contributed by atoms with Gasteiger partial charge in [-0.3, -0.25) is 4.90 Å². The van der Waals surface area contributed by atoms with E-state index in [4.69, 9.17) is 10.2 Å². The van der Waals surface area contributed by atoms with Gasteiger partial charge in [0.15, 0.2) is 0 Å². The summed E-state index contributed by atoms with van der Waals surface area (Å²) in [5, 5.41) is 17.6. The van der Waals surface area contributed by atoms with Gasteiger partial charge >= 0.3 is 12.1 Å². The molecular weight excluding hydrogens is 202 g/mol. The molecular formula is C8H7N3O4. The van der Waals surface area contributed by atoms with Gasteiger partial charge in [-0.15, -0.1) is 0 Å². The van der Waals surface area contributed by atoms with Crippen LogP contribution in [0.5, 0.6) is 0 Å². The number of imidazole rings is 1. The van der Waals surface area contributed by atoms with Crippen LogP contribution in [-0.4, -0.2) is 37.1 Å². The molecule has 78 valence electrons. The average Bonchev–Trinajstić information content (AvgIpc) is 2.61. The number of carboxylic acids is 1. The number of nitrogens with one attached hydrogen (secondary N) is 1. The predicted molar refractivity (Wildman–Crippen MR) is 47.8 cm³/mol. The normalized spacial score (nSPS) is 14.4. The molecule has 2 rings (SSSR count). The molecule has 1 aromatic rings. The van der Waals surface area contributed by atoms with E-state index in [0.717, 1.165) is 4.90 Å². The van der Waals surface area contributed by atoms with Gasteiger partial charge < -0.3 is 15.2 Å². The quantitative estimate of drug-likeness (QED) is 0.617. The number of carbonyl (C=O) groups is 2. The summed E-state index contributed by atoms with van der Waals surface area (Å²) in [6, 6.07) is 0. The lowest BCUT2D eigenvalue weighted by Gasteiger charge is -2.22. The average molecular weight is 209 g/mol. The van der Waals surface area contributed by atoms with Crippen molar-refractivity contribution >= 4 is 18.1 Å². The van der Waals surface area contributed by atoms with Gasteiger partial charge in [-0.2, -0.15) is 0 Å². The standard InChI is InChI=1S/C8H7N3O4/c12-7(13)6-1-4-5(10-3-9-4)2-11(6)8(14)15/h1,3H,2H2,(H,9,10)(H,12,13)(H,14,15). The fourth-order valence-corrected chi connectivity index (χ4v) is 1.38. The Morgan fingerprint density at radius 1 is 1.47 bits per heavy atom. The monoisotopic (exact) mass is 209 g/mol. The lowest BCUT2D eigenvalue weighted by molar-refractivity contribution is -0.134. The van der Waals surface area contributed by atoms with Crippen molar-refractivity contribution in [3.8, 4) is 0 Å². The second-order valence-electron chi connectivity index (χ2n) is 2.97. The van der Waals surface area contributed by atoms with Gasteiger partial charge in [-0.25, -0.2) is 14.6 Å². The smallest absolute Gasteiger partial charge is 0.412 e. The molecule has 0 spiro atoms. The second-order valence-corrected chi connectivity index (χ2v) is 2.97. The van der Waals surface area contributed by atoms with E-state index in [-0.39, 0.29) is 12.2 Å². The SMILES string of the molecule is O=C(O)C1=Cc2nc[nH]c2CN1C(=O)O. The van der Waals surface area contributed by atoms with Gasteiger partial charge in [0.1, 0.15) is 5.70 Å². The summed E-state index contributed by atoms with van der Waals surface area (Å²) < 4.78 is 0. The third kappa shape index (κ3) is 1.43. The van der Waals surface area contributed by atoms with Gasteiger partial charge in [-0.05, 0) is 6.08 Å². The van der Waals surface area contributed by atoms with E-state index >= 15 is 0 Å². The number of aromatic nitrogens is 2. The highest BCUT2D eigenvalue weighted by molar-refractivity contribution is 5.95. The van der Waals surface area contributed by atoms with Crippen LogP contribution < -0.4 is 0 Å². The fraction of sp³-hybridized carbons (Fsp3) is 0.125. The Balaban J connectivity index is 2.48. The lowest BCUT2D eigenvalue weighted by Crippen LogP contribution is -2.34. The number of carboxylic acid groups (broad SMARTS) is 2. The summed E-state index contributed by atoms with van der Waals surface area (Å²) >= 11 is 0. The molecule has 0 saturated carbocycles. The Labute approximate surface area is 83.7 Å². The van der Waals surface area contributed by atoms with E-state index in [1.807, 2.05) is 0 Å². The molecule has 0 atom stereocenters. The Bertz CT molecular complexity index is 462. The Hall–Kier alpha value is -2.31. The highest BCUT2D eigenvalue weighted by Gasteiger charge is 2.28. The van der Waals surface area contributed by atoms with Crippen molar-refractivity contribution in [3.63, 3.8) is 0 Å². The second kappa shape index (κ2) is 3.12. The number of aromatic amines is 1. The summed E-state index contributed by atoms with van der Waals surface area (Å²) in [6.45, 7) is -0.0250. The van der Waals surface area contributed by atoms with Gasteiger partial charge in [-0.1, -0.05) is 0 Å². The van der Waals surface area contributed by atoms with Crippen LogP contribution >= 0.6 is 0 Å². The van der Waals surface area contributed by atoms with Crippen LogP contribution in [0.3, 0.4) is 0 Å². The zero-order valence-electron chi connectivity index (χ0n) is 7.47. The topological polar surface area (TPSA) is 107 Å². The maximum absolute atomic E-state index is 10.8. The first kappa shape index (κ1) is 9.25. The van der Waals surface area contributed by atoms with Crippen LogP contribution in [0.2, 0.25) is 0 Å². The molecule has 2 heterocycles. The number of rotatable bonds is 1. The Morgan fingerprint density at radius 3 is 2.80 bits per heavy atom. The van der Waals surface area contributed by atoms with E-state index in [1.54, 1.807) is 0 Å². The van der Waals surface area contributed by atoms with Crippen LogP contribution in [-0.2, 0) is 11.3 Å². The van der Waals surface area contributed by atoms with Crippen molar-refractivity contribution in [2.24, 2.45) is 0 Å². The lowest BCUT2D eigenvalue weighted by atomic mass is 10.2. The number of hydrogen-bond acceptors (Lipinski definition) is 3. The highest BCUT2D eigenvalue weighted by Crippen LogP contribution is 2.21. The molecule has 3 N–H and O–H groups in total. The number of H-pyrrole nitrogens is 1. The molecule has 0 unspecified atom stereocenters. The number of hydrogen-bond donors (Lipinski definition) is 3. The summed E-state index contributed by atoms with van der Waals surface area (Å²) in [7, 11) is 0. The summed E-state index contributed by atoms with van der Waals surface area (Å²) in [6.07, 6.45) is 1.32. The number of fused-ring (bicyclic) bond motifs is 1. The number of aliphatic carboxylic acids is 1. The molecule has 7 nitrogen and oxygen atoms in total. The molecule has 0 fully saturated rings. The summed E-state index contributed by atoms with van der Waals surface area (Å²) in [5.74, 6) is -1.29. The van der Waals surface area contributed by atoms with E-state index in [2.05, 4.69) is 9.97 Å². The van der Waals surface area contributed by atoms with Crippen molar-refractivity contribution in [1.29, 1.82) is 0 Å². The first-order valence-corrected chi connectivity index (χ1v) is 4.07. The van der Waals surface area contributed by atoms with E-state index in [9.17, 15) is 9.59 Å². The maximum Gasteiger partial charge on any atom is 0.412 e. The minimum absolute atomic E-state index is 0.0250. The van der Waals surface area contributed by atoms with E-state index in [0.29, 0.717) is 11.4 Å². The minimum atomic E-state index is -1.30. The van der Waals surface area contributed by atoms with Crippen molar-refractivity contribution in [2.45, 2.75) is 6.54 Å². The first-order chi connectivity index (χ1) is 7.09. The molecule has 7 heteroatoms. The molecule has 0 radical (unpaired) electrons. The van der Waals surface area contributed by atoms with Crippen molar-refractivity contribution < 1.29 is 19.8 Å². The Kier molecular flexibility index (Phi) is 1.93. The molecule has 1 amide bonds. The zero-order valence-corrected chi connectivity index (χ0v) is 7.47. The molecule has 0 aromatic carbocycles. The number of nitrogens with zero attached hydrogens (tertiary/aromatic N) is 2. The Morgan fingerprint density at radius 2 is 2.20 bits per heavy atom. The molecule has 1 aliphatic heterocycles. The molecule has 1 aliphatic rings. The third-order valence-electron chi connectivity index (χ3n) is 2.08. The molecule has 15 heavy (non-hydrogen) atoms. The molecule has 1 aromatic heterocycles. The minimum Gasteiger partial charge on any atom is -0.477 e. The molecule has 0 saturated heterocycles. The van der Waals surface area contributed by atoms with Crippen LogP contribution in [0.4, 0.5) is 4.79 Å². The van der Waals surface area contributed by atoms with Crippen molar-refractivity contribution in [1.82, 2.24) is 14.9 Å². The zero-order chi connectivity index (χ0) is 11.0. The van der Waals surface area contributed by atoms with Crippen molar-refractivity contribution in [3.05, 3.63) is 23.4 Å².